The average Bonchev–Trinajstić information content (AvgIpc) is 3.17. The van der Waals surface area contributed by atoms with Crippen LogP contribution in [0, 0.1) is 0 Å². The number of rotatable bonds is 5. The van der Waals surface area contributed by atoms with Crippen LogP contribution in [0.2, 0.25) is 5.02 Å². The number of imidazole rings is 1. The molecule has 0 saturated carbocycles. The molecule has 0 aliphatic heterocycles. The van der Waals surface area contributed by atoms with Gasteiger partial charge in [-0.2, -0.15) is 0 Å². The Morgan fingerprint density at radius 3 is 2.45 bits per heavy atom. The van der Waals surface area contributed by atoms with Crippen LogP contribution in [0.1, 0.15) is 18.5 Å². The molecule has 2 aromatic heterocycles. The molecule has 4 rings (SSSR count). The Morgan fingerprint density at radius 2 is 1.79 bits per heavy atom. The highest BCUT2D eigenvalue weighted by Gasteiger charge is 2.21. The number of halogens is 1. The van der Waals surface area contributed by atoms with Gasteiger partial charge in [0.2, 0.25) is 0 Å². The van der Waals surface area contributed by atoms with Crippen LogP contribution in [0.3, 0.4) is 0 Å². The fourth-order valence-corrected chi connectivity index (χ4v) is 3.57. The van der Waals surface area contributed by atoms with Gasteiger partial charge in [0.15, 0.2) is 11.2 Å². The summed E-state index contributed by atoms with van der Waals surface area (Å²) in [4.78, 5) is 30.8. The second kappa shape index (κ2) is 7.56. The van der Waals surface area contributed by atoms with Crippen molar-refractivity contribution < 1.29 is 0 Å². The van der Waals surface area contributed by atoms with Crippen LogP contribution in [-0.2, 0) is 6.54 Å². The molecule has 2 aromatic carbocycles. The molecular formula is C22H19ClN4O2. The van der Waals surface area contributed by atoms with Crippen LogP contribution in [0.5, 0.6) is 0 Å². The molecule has 0 aliphatic rings. The molecule has 1 atom stereocenters. The summed E-state index contributed by atoms with van der Waals surface area (Å²) in [7, 11) is 0. The second-order valence-corrected chi connectivity index (χ2v) is 7.15. The summed E-state index contributed by atoms with van der Waals surface area (Å²) in [5.41, 5.74) is 1.42. The van der Waals surface area contributed by atoms with Crippen molar-refractivity contribution in [1.82, 2.24) is 18.7 Å². The van der Waals surface area contributed by atoms with Crippen molar-refractivity contribution >= 4 is 22.8 Å². The van der Waals surface area contributed by atoms with Gasteiger partial charge in [-0.05, 0) is 36.8 Å². The molecule has 146 valence electrons. The Labute approximate surface area is 171 Å². The van der Waals surface area contributed by atoms with Gasteiger partial charge in [-0.15, -0.1) is 6.58 Å². The largest absolute Gasteiger partial charge is 0.337 e. The molecule has 0 aliphatic carbocycles. The lowest BCUT2D eigenvalue weighted by atomic mass is 10.1. The molecule has 0 radical (unpaired) electrons. The first-order chi connectivity index (χ1) is 14.0. The van der Waals surface area contributed by atoms with Crippen molar-refractivity contribution in [1.29, 1.82) is 0 Å². The van der Waals surface area contributed by atoms with Crippen molar-refractivity contribution in [3.63, 3.8) is 0 Å². The van der Waals surface area contributed by atoms with E-state index in [2.05, 4.69) is 11.6 Å². The Morgan fingerprint density at radius 1 is 1.10 bits per heavy atom. The number of allylic oxidation sites excluding steroid dienone is 1. The number of benzene rings is 2. The molecule has 6 nitrogen and oxygen atoms in total. The fourth-order valence-electron chi connectivity index (χ4n) is 3.45. The highest BCUT2D eigenvalue weighted by Crippen LogP contribution is 2.22. The third kappa shape index (κ3) is 3.21. The minimum absolute atomic E-state index is 0.103. The second-order valence-electron chi connectivity index (χ2n) is 6.71. The Balaban J connectivity index is 2.05. The highest BCUT2D eigenvalue weighted by atomic mass is 35.5. The standard InChI is InChI=1S/C22H19ClN4O2/c1-3-13-25-21(28)19-20(27(22(25)29)18-11-9-17(23)10-12-18)24-14-26(19)15(2)16-7-5-4-6-8-16/h3-12,14-15H,1,13H2,2H3/t15-/m0/s1. The van der Waals surface area contributed by atoms with E-state index >= 15 is 0 Å². The maximum absolute atomic E-state index is 13.2. The summed E-state index contributed by atoms with van der Waals surface area (Å²) in [6.45, 7) is 5.77. The quantitative estimate of drug-likeness (QED) is 0.473. The van der Waals surface area contributed by atoms with Crippen molar-refractivity contribution in [3.8, 4) is 5.69 Å². The van der Waals surface area contributed by atoms with Crippen molar-refractivity contribution in [2.45, 2.75) is 19.5 Å². The van der Waals surface area contributed by atoms with Gasteiger partial charge in [0.25, 0.3) is 5.56 Å². The fraction of sp³-hybridized carbons (Fsp3) is 0.136. The molecule has 4 aromatic rings. The van der Waals surface area contributed by atoms with Gasteiger partial charge in [-0.25, -0.2) is 14.3 Å². The van der Waals surface area contributed by atoms with Gasteiger partial charge in [0.1, 0.15) is 0 Å². The minimum atomic E-state index is -0.470. The van der Waals surface area contributed by atoms with Crippen LogP contribution in [0.15, 0.2) is 83.2 Å². The number of nitrogens with zero attached hydrogens (tertiary/aromatic N) is 4. The van der Waals surface area contributed by atoms with Crippen molar-refractivity contribution in [2.24, 2.45) is 0 Å². The van der Waals surface area contributed by atoms with E-state index in [1.54, 1.807) is 35.2 Å². The number of hydrogen-bond donors (Lipinski definition) is 0. The van der Waals surface area contributed by atoms with Crippen LogP contribution >= 0.6 is 11.6 Å². The Hall–Kier alpha value is -3.38. The van der Waals surface area contributed by atoms with Crippen molar-refractivity contribution in [3.05, 3.63) is 105 Å². The van der Waals surface area contributed by atoms with Gasteiger partial charge < -0.3 is 4.57 Å². The van der Waals surface area contributed by atoms with Gasteiger partial charge in [0, 0.05) is 11.6 Å². The summed E-state index contributed by atoms with van der Waals surface area (Å²) in [5, 5.41) is 0.556. The van der Waals surface area contributed by atoms with E-state index in [1.165, 1.54) is 15.2 Å². The van der Waals surface area contributed by atoms with E-state index in [0.717, 1.165) is 5.56 Å². The summed E-state index contributed by atoms with van der Waals surface area (Å²) in [6, 6.07) is 16.5. The molecule has 0 amide bonds. The lowest BCUT2D eigenvalue weighted by Crippen LogP contribution is -2.40. The Kier molecular flexibility index (Phi) is 4.94. The zero-order chi connectivity index (χ0) is 20.5. The average molecular weight is 407 g/mol. The van der Waals surface area contributed by atoms with Gasteiger partial charge >= 0.3 is 5.69 Å². The third-order valence-corrected chi connectivity index (χ3v) is 5.20. The SMILES string of the molecule is C=CCn1c(=O)c2c(ncn2[C@@H](C)c2ccccc2)n(-c2ccc(Cl)cc2)c1=O. The molecule has 29 heavy (non-hydrogen) atoms. The molecule has 0 spiro atoms. The zero-order valence-corrected chi connectivity index (χ0v) is 16.6. The van der Waals surface area contributed by atoms with E-state index in [1.807, 2.05) is 37.3 Å². The first-order valence-corrected chi connectivity index (χ1v) is 9.55. The molecule has 0 fully saturated rings. The Bertz CT molecular complexity index is 1300. The van der Waals surface area contributed by atoms with Gasteiger partial charge in [-0.1, -0.05) is 48.0 Å². The van der Waals surface area contributed by atoms with E-state index < -0.39 is 11.2 Å². The van der Waals surface area contributed by atoms with Crippen LogP contribution < -0.4 is 11.2 Å². The van der Waals surface area contributed by atoms with Crippen LogP contribution in [-0.4, -0.2) is 18.7 Å². The van der Waals surface area contributed by atoms with Crippen molar-refractivity contribution in [2.75, 3.05) is 0 Å². The molecule has 2 heterocycles. The monoisotopic (exact) mass is 406 g/mol. The smallest absolute Gasteiger partial charge is 0.317 e. The minimum Gasteiger partial charge on any atom is -0.317 e. The maximum atomic E-state index is 13.2. The van der Waals surface area contributed by atoms with Gasteiger partial charge in [0.05, 0.1) is 18.1 Å². The van der Waals surface area contributed by atoms with E-state index in [0.29, 0.717) is 21.9 Å². The number of aromatic nitrogens is 4. The summed E-state index contributed by atoms with van der Waals surface area (Å²) in [5.74, 6) is 0. The molecule has 0 N–H and O–H groups in total. The summed E-state index contributed by atoms with van der Waals surface area (Å²) in [6.07, 6.45) is 3.13. The lowest BCUT2D eigenvalue weighted by molar-refractivity contribution is 0.642. The van der Waals surface area contributed by atoms with Gasteiger partial charge in [-0.3, -0.25) is 9.36 Å². The number of fused-ring (bicyclic) bond motifs is 1. The molecule has 0 bridgehead atoms. The normalized spacial score (nSPS) is 12.2. The highest BCUT2D eigenvalue weighted by molar-refractivity contribution is 6.30. The topological polar surface area (TPSA) is 61.8 Å². The van der Waals surface area contributed by atoms with E-state index in [9.17, 15) is 9.59 Å². The number of hydrogen-bond acceptors (Lipinski definition) is 3. The first-order valence-electron chi connectivity index (χ1n) is 9.17. The molecule has 7 heteroatoms. The van der Waals surface area contributed by atoms with E-state index in [4.69, 9.17) is 11.6 Å². The first kappa shape index (κ1) is 19.0. The summed E-state index contributed by atoms with van der Waals surface area (Å²) < 4.78 is 4.41. The summed E-state index contributed by atoms with van der Waals surface area (Å²) >= 11 is 6.00. The molecule has 0 unspecified atom stereocenters. The predicted octanol–water partition coefficient (Wildman–Crippen LogP) is 3.80. The maximum Gasteiger partial charge on any atom is 0.337 e. The van der Waals surface area contributed by atoms with E-state index in [-0.39, 0.29) is 12.6 Å². The zero-order valence-electron chi connectivity index (χ0n) is 15.8. The molecular weight excluding hydrogens is 388 g/mol. The predicted molar refractivity (Wildman–Crippen MR) is 115 cm³/mol. The van der Waals surface area contributed by atoms with Crippen LogP contribution in [0.4, 0.5) is 0 Å². The van der Waals surface area contributed by atoms with Crippen LogP contribution in [0.25, 0.3) is 16.9 Å². The lowest BCUT2D eigenvalue weighted by Gasteiger charge is -2.16. The molecule has 0 saturated heterocycles. The third-order valence-electron chi connectivity index (χ3n) is 4.95.